The van der Waals surface area contributed by atoms with Crippen molar-refractivity contribution in [1.82, 2.24) is 0 Å². The van der Waals surface area contributed by atoms with Crippen LogP contribution in [0.5, 0.6) is 11.5 Å². The van der Waals surface area contributed by atoms with E-state index < -0.39 is 36.1 Å². The number of methoxy groups -OCH3 is 1. The number of carbonyl (C=O) groups excluding carboxylic acids is 2. The van der Waals surface area contributed by atoms with E-state index in [9.17, 15) is 24.9 Å². The lowest BCUT2D eigenvalue weighted by molar-refractivity contribution is -0.150. The second-order valence-corrected chi connectivity index (χ2v) is 6.81. The minimum Gasteiger partial charge on any atom is -0.504 e. The van der Waals surface area contributed by atoms with E-state index in [-0.39, 0.29) is 35.9 Å². The molecular formula is C19H22O8. The average molecular weight is 378 g/mol. The minimum atomic E-state index is -1.13. The predicted octanol–water partition coefficient (Wildman–Crippen LogP) is 1.40. The van der Waals surface area contributed by atoms with E-state index in [2.05, 4.69) is 0 Å². The van der Waals surface area contributed by atoms with Crippen LogP contribution in [0.3, 0.4) is 0 Å². The van der Waals surface area contributed by atoms with E-state index in [1.807, 2.05) is 0 Å². The molecule has 0 bridgehead atoms. The molecule has 1 aliphatic heterocycles. The Morgan fingerprint density at radius 2 is 2.07 bits per heavy atom. The van der Waals surface area contributed by atoms with Gasteiger partial charge in [0.1, 0.15) is 18.5 Å². The van der Waals surface area contributed by atoms with Gasteiger partial charge < -0.3 is 29.5 Å². The summed E-state index contributed by atoms with van der Waals surface area (Å²) in [6, 6.07) is 4.18. The first-order valence-corrected chi connectivity index (χ1v) is 8.61. The molecule has 5 atom stereocenters. The highest BCUT2D eigenvalue weighted by atomic mass is 16.6. The Labute approximate surface area is 156 Å². The summed E-state index contributed by atoms with van der Waals surface area (Å²) in [5, 5.41) is 29.0. The molecule has 1 aromatic rings. The number of ketones is 1. The van der Waals surface area contributed by atoms with Gasteiger partial charge in [0.05, 0.1) is 11.8 Å². The molecule has 0 aromatic heterocycles. The van der Waals surface area contributed by atoms with Gasteiger partial charge in [0.2, 0.25) is 6.29 Å². The van der Waals surface area contributed by atoms with E-state index >= 15 is 0 Å². The Kier molecular flexibility index (Phi) is 5.38. The molecule has 0 unspecified atom stereocenters. The molecule has 3 N–H and O–H groups in total. The molecule has 0 saturated heterocycles. The molecule has 1 aliphatic carbocycles. The molecule has 1 heterocycles. The lowest BCUT2D eigenvalue weighted by atomic mass is 9.83. The van der Waals surface area contributed by atoms with Crippen molar-refractivity contribution in [2.24, 2.45) is 17.8 Å². The number of aromatic hydroxyl groups is 2. The number of phenols is 2. The molecule has 1 aromatic carbocycles. The predicted molar refractivity (Wildman–Crippen MR) is 91.4 cm³/mol. The van der Waals surface area contributed by atoms with Crippen LogP contribution in [-0.4, -0.2) is 47.1 Å². The monoisotopic (exact) mass is 378 g/mol. The number of hydrogen-bond donors (Lipinski definition) is 3. The van der Waals surface area contributed by atoms with Gasteiger partial charge in [0.15, 0.2) is 11.5 Å². The van der Waals surface area contributed by atoms with E-state index in [0.717, 1.165) is 6.26 Å². The summed E-state index contributed by atoms with van der Waals surface area (Å²) in [6.45, 7) is 1.58. The van der Waals surface area contributed by atoms with Crippen LogP contribution >= 0.6 is 0 Å². The number of aliphatic hydroxyl groups is 1. The zero-order valence-electron chi connectivity index (χ0n) is 15.0. The Morgan fingerprint density at radius 1 is 1.33 bits per heavy atom. The lowest BCUT2D eigenvalue weighted by Crippen LogP contribution is -2.36. The number of Topliss-reactive ketones (excluding diaryl/α,β-unsaturated/α-hetero) is 1. The number of aliphatic hydroxyl groups excluding tert-OH is 1. The molecule has 0 spiro atoms. The summed E-state index contributed by atoms with van der Waals surface area (Å²) in [5.41, 5.74) is 0.735. The van der Waals surface area contributed by atoms with Crippen LogP contribution in [-0.2, 0) is 23.8 Å². The van der Waals surface area contributed by atoms with Crippen molar-refractivity contribution >= 4 is 11.8 Å². The van der Waals surface area contributed by atoms with E-state index in [0.29, 0.717) is 5.56 Å². The third-order valence-electron chi connectivity index (χ3n) is 5.29. The number of ether oxygens (including phenoxy) is 3. The van der Waals surface area contributed by atoms with Crippen molar-refractivity contribution in [3.05, 3.63) is 35.6 Å². The second kappa shape index (κ2) is 7.58. The second-order valence-electron chi connectivity index (χ2n) is 6.81. The topological polar surface area (TPSA) is 123 Å². The SMILES string of the molecule is CO[C@@H](COC(=O)C1=CO[C@@H](O)[C@@H]2[C@@H]1CC(=O)[C@@H]2C)c1ccc(O)c(O)c1. The van der Waals surface area contributed by atoms with Crippen LogP contribution in [0, 0.1) is 17.8 Å². The van der Waals surface area contributed by atoms with Gasteiger partial charge in [-0.1, -0.05) is 13.0 Å². The maximum absolute atomic E-state index is 12.5. The fraction of sp³-hybridized carbons (Fsp3) is 0.474. The van der Waals surface area contributed by atoms with Gasteiger partial charge in [-0.3, -0.25) is 4.79 Å². The molecule has 0 radical (unpaired) electrons. The van der Waals surface area contributed by atoms with Gasteiger partial charge >= 0.3 is 5.97 Å². The van der Waals surface area contributed by atoms with Crippen molar-refractivity contribution in [3.8, 4) is 11.5 Å². The number of fused-ring (bicyclic) bond motifs is 1. The van der Waals surface area contributed by atoms with Crippen molar-refractivity contribution in [1.29, 1.82) is 0 Å². The zero-order valence-corrected chi connectivity index (χ0v) is 15.0. The van der Waals surface area contributed by atoms with Crippen LogP contribution in [0.15, 0.2) is 30.0 Å². The van der Waals surface area contributed by atoms with Gasteiger partial charge in [-0.15, -0.1) is 0 Å². The van der Waals surface area contributed by atoms with Crippen molar-refractivity contribution in [3.63, 3.8) is 0 Å². The van der Waals surface area contributed by atoms with Gasteiger partial charge in [-0.25, -0.2) is 4.79 Å². The summed E-state index contributed by atoms with van der Waals surface area (Å²) in [7, 11) is 1.43. The molecule has 8 heteroatoms. The number of hydrogen-bond acceptors (Lipinski definition) is 8. The first kappa shape index (κ1) is 19.2. The number of phenolic OH excluding ortho intramolecular Hbond substituents is 2. The Balaban J connectivity index is 1.69. The van der Waals surface area contributed by atoms with E-state index in [4.69, 9.17) is 14.2 Å². The van der Waals surface area contributed by atoms with Crippen molar-refractivity contribution in [2.75, 3.05) is 13.7 Å². The van der Waals surface area contributed by atoms with Crippen LogP contribution < -0.4 is 0 Å². The van der Waals surface area contributed by atoms with Gasteiger partial charge in [-0.2, -0.15) is 0 Å². The fourth-order valence-electron chi connectivity index (χ4n) is 3.66. The first-order valence-electron chi connectivity index (χ1n) is 8.61. The normalized spacial score (nSPS) is 28.1. The maximum atomic E-state index is 12.5. The molecule has 27 heavy (non-hydrogen) atoms. The van der Waals surface area contributed by atoms with Crippen LogP contribution in [0.25, 0.3) is 0 Å². The largest absolute Gasteiger partial charge is 0.504 e. The summed E-state index contributed by atoms with van der Waals surface area (Å²) < 4.78 is 15.8. The van der Waals surface area contributed by atoms with Crippen LogP contribution in [0.4, 0.5) is 0 Å². The van der Waals surface area contributed by atoms with Gasteiger partial charge in [0, 0.05) is 31.3 Å². The molecule has 8 nitrogen and oxygen atoms in total. The molecule has 0 amide bonds. The van der Waals surface area contributed by atoms with Gasteiger partial charge in [-0.05, 0) is 17.7 Å². The molecule has 2 aliphatic rings. The smallest absolute Gasteiger partial charge is 0.337 e. The zero-order chi connectivity index (χ0) is 19.7. The average Bonchev–Trinajstić information content (AvgIpc) is 2.94. The van der Waals surface area contributed by atoms with Crippen LogP contribution in [0.2, 0.25) is 0 Å². The van der Waals surface area contributed by atoms with E-state index in [1.54, 1.807) is 13.0 Å². The third-order valence-corrected chi connectivity index (χ3v) is 5.29. The minimum absolute atomic E-state index is 0.0254. The molecule has 1 fully saturated rings. The van der Waals surface area contributed by atoms with Crippen molar-refractivity contribution in [2.45, 2.75) is 25.7 Å². The summed E-state index contributed by atoms with van der Waals surface area (Å²) in [6.07, 6.45) is -0.462. The molecule has 146 valence electrons. The van der Waals surface area contributed by atoms with E-state index in [1.165, 1.54) is 19.2 Å². The molecule has 1 saturated carbocycles. The molecular weight excluding hydrogens is 356 g/mol. The highest BCUT2D eigenvalue weighted by Crippen LogP contribution is 2.44. The summed E-state index contributed by atoms with van der Waals surface area (Å²) >= 11 is 0. The van der Waals surface area contributed by atoms with Gasteiger partial charge in [0.25, 0.3) is 0 Å². The number of rotatable bonds is 5. The number of esters is 1. The van der Waals surface area contributed by atoms with Crippen LogP contribution in [0.1, 0.15) is 25.0 Å². The fourth-order valence-corrected chi connectivity index (χ4v) is 3.66. The lowest BCUT2D eigenvalue weighted by Gasteiger charge is -2.31. The standard InChI is InChI=1S/C19H22O8/c1-9-14(21)6-11-12(7-26-19(24)17(9)11)18(23)27-8-16(25-2)10-3-4-13(20)15(22)5-10/h3-5,7,9,11,16-17,19-20,22,24H,6,8H2,1-2H3/t9-,11+,16-,17-,19+/m0/s1. The summed E-state index contributed by atoms with van der Waals surface area (Å²) in [5.74, 6) is -2.56. The highest BCUT2D eigenvalue weighted by Gasteiger charge is 2.50. The number of carbonyl (C=O) groups is 2. The quantitative estimate of drug-likeness (QED) is 0.519. The summed E-state index contributed by atoms with van der Waals surface area (Å²) in [4.78, 5) is 24.5. The first-order chi connectivity index (χ1) is 12.8. The third kappa shape index (κ3) is 3.63. The Bertz CT molecular complexity index is 771. The Hall–Kier alpha value is -2.58. The highest BCUT2D eigenvalue weighted by molar-refractivity contribution is 5.93. The maximum Gasteiger partial charge on any atom is 0.337 e. The number of benzene rings is 1. The van der Waals surface area contributed by atoms with Crippen molar-refractivity contribution < 1.29 is 39.1 Å². The Morgan fingerprint density at radius 3 is 2.74 bits per heavy atom. The molecule has 3 rings (SSSR count).